The summed E-state index contributed by atoms with van der Waals surface area (Å²) in [5.74, 6) is 1.17. The summed E-state index contributed by atoms with van der Waals surface area (Å²) >= 11 is 0. The maximum atomic E-state index is 11.0. The van der Waals surface area contributed by atoms with Crippen LogP contribution in [0.1, 0.15) is 0 Å². The van der Waals surface area contributed by atoms with E-state index in [2.05, 4.69) is 15.8 Å². The van der Waals surface area contributed by atoms with Crippen LogP contribution in [0.4, 0.5) is 17.2 Å². The second kappa shape index (κ2) is 7.81. The summed E-state index contributed by atoms with van der Waals surface area (Å²) in [6, 6.07) is 21.3. The Balaban J connectivity index is 1.74. The van der Waals surface area contributed by atoms with Crippen LogP contribution in [0.25, 0.3) is 22.3 Å². The summed E-state index contributed by atoms with van der Waals surface area (Å²) < 4.78 is 5.27. The van der Waals surface area contributed by atoms with Crippen molar-refractivity contribution in [2.75, 3.05) is 18.0 Å². The van der Waals surface area contributed by atoms with Crippen LogP contribution in [0.5, 0.6) is 5.75 Å². The lowest BCUT2D eigenvalue weighted by Gasteiger charge is -2.14. The zero-order valence-electron chi connectivity index (χ0n) is 15.5. The molecule has 0 unspecified atom stereocenters. The van der Waals surface area contributed by atoms with Crippen LogP contribution in [0, 0.1) is 10.1 Å². The monoisotopic (exact) mass is 387 g/mol. The molecule has 3 aromatic carbocycles. The molecule has 8 nitrogen and oxygen atoms in total. The van der Waals surface area contributed by atoms with Crippen LogP contribution in [0.2, 0.25) is 0 Å². The Kier molecular flexibility index (Phi) is 4.90. The van der Waals surface area contributed by atoms with E-state index < -0.39 is 4.92 Å². The molecule has 1 aromatic heterocycles. The summed E-state index contributed by atoms with van der Waals surface area (Å²) in [7, 11) is 1.59. The summed E-state index contributed by atoms with van der Waals surface area (Å²) in [5.41, 5.74) is 9.47. The van der Waals surface area contributed by atoms with Crippen molar-refractivity contribution in [3.8, 4) is 17.0 Å². The van der Waals surface area contributed by atoms with Crippen LogP contribution in [-0.2, 0) is 0 Å². The van der Waals surface area contributed by atoms with Crippen LogP contribution in [-0.4, -0.2) is 22.0 Å². The number of nitrogens with zero attached hydrogens (tertiary/aromatic N) is 3. The van der Waals surface area contributed by atoms with Gasteiger partial charge < -0.3 is 4.74 Å². The van der Waals surface area contributed by atoms with Gasteiger partial charge in [-0.05, 0) is 18.2 Å². The lowest BCUT2D eigenvalue weighted by atomic mass is 10.1. The zero-order valence-corrected chi connectivity index (χ0v) is 15.5. The summed E-state index contributed by atoms with van der Waals surface area (Å²) in [6.07, 6.45) is 0. The second-order valence-electron chi connectivity index (χ2n) is 6.20. The molecule has 4 aromatic rings. The van der Waals surface area contributed by atoms with Gasteiger partial charge in [0.2, 0.25) is 0 Å². The van der Waals surface area contributed by atoms with Gasteiger partial charge in [0, 0.05) is 23.8 Å². The molecule has 144 valence electrons. The average molecular weight is 387 g/mol. The highest BCUT2D eigenvalue weighted by molar-refractivity contribution is 5.84. The van der Waals surface area contributed by atoms with E-state index in [1.54, 1.807) is 25.3 Å². The van der Waals surface area contributed by atoms with E-state index in [0.717, 1.165) is 11.1 Å². The smallest absolute Gasteiger partial charge is 0.271 e. The molecule has 2 N–H and O–H groups in total. The fraction of sp³-hybridized carbons (Fsp3) is 0.0476. The minimum atomic E-state index is -0.442. The number of nitro groups is 1. The predicted octanol–water partition coefficient (Wildman–Crippen LogP) is 4.65. The maximum absolute atomic E-state index is 11.0. The van der Waals surface area contributed by atoms with Gasteiger partial charge in [0.25, 0.3) is 5.69 Å². The van der Waals surface area contributed by atoms with E-state index in [9.17, 15) is 10.1 Å². The van der Waals surface area contributed by atoms with Gasteiger partial charge in [-0.1, -0.05) is 36.4 Å². The first-order chi connectivity index (χ1) is 14.1. The number of nitro benzene ring substituents is 1. The number of non-ortho nitro benzene ring substituents is 1. The molecule has 0 radical (unpaired) electrons. The number of hydrazine groups is 1. The highest BCUT2D eigenvalue weighted by atomic mass is 16.6. The molecule has 0 fully saturated rings. The van der Waals surface area contributed by atoms with Gasteiger partial charge in [-0.3, -0.25) is 21.0 Å². The van der Waals surface area contributed by atoms with Crippen molar-refractivity contribution in [2.24, 2.45) is 0 Å². The van der Waals surface area contributed by atoms with Gasteiger partial charge in [0.15, 0.2) is 5.82 Å². The number of benzene rings is 3. The summed E-state index contributed by atoms with van der Waals surface area (Å²) in [5, 5.41) is 11.0. The van der Waals surface area contributed by atoms with Crippen molar-refractivity contribution in [2.45, 2.75) is 0 Å². The summed E-state index contributed by atoms with van der Waals surface area (Å²) in [4.78, 5) is 20.0. The van der Waals surface area contributed by atoms with Crippen LogP contribution < -0.4 is 15.6 Å². The van der Waals surface area contributed by atoms with E-state index in [4.69, 9.17) is 9.72 Å². The second-order valence-corrected chi connectivity index (χ2v) is 6.20. The molecule has 0 amide bonds. The van der Waals surface area contributed by atoms with Gasteiger partial charge in [0.05, 0.1) is 28.8 Å². The van der Waals surface area contributed by atoms with E-state index in [1.807, 2.05) is 42.5 Å². The Hall–Kier alpha value is -4.20. The van der Waals surface area contributed by atoms with Crippen molar-refractivity contribution >= 4 is 28.2 Å². The van der Waals surface area contributed by atoms with Gasteiger partial charge >= 0.3 is 0 Å². The van der Waals surface area contributed by atoms with Crippen molar-refractivity contribution in [1.29, 1.82) is 0 Å². The molecule has 0 saturated heterocycles. The molecule has 0 saturated carbocycles. The number of anilines is 2. The molecule has 0 spiro atoms. The van der Waals surface area contributed by atoms with E-state index in [0.29, 0.717) is 28.5 Å². The lowest BCUT2D eigenvalue weighted by Crippen LogP contribution is -2.12. The van der Waals surface area contributed by atoms with Gasteiger partial charge in [-0.25, -0.2) is 9.97 Å². The largest absolute Gasteiger partial charge is 0.497 e. The average Bonchev–Trinajstić information content (AvgIpc) is 2.77. The molecule has 1 heterocycles. The van der Waals surface area contributed by atoms with Crippen LogP contribution in [0.3, 0.4) is 0 Å². The molecule has 0 atom stereocenters. The predicted molar refractivity (Wildman–Crippen MR) is 112 cm³/mol. The van der Waals surface area contributed by atoms with E-state index >= 15 is 0 Å². The first kappa shape index (κ1) is 18.2. The maximum Gasteiger partial charge on any atom is 0.271 e. The zero-order chi connectivity index (χ0) is 20.2. The molecule has 0 aliphatic heterocycles. The Morgan fingerprint density at radius 3 is 2.48 bits per heavy atom. The lowest BCUT2D eigenvalue weighted by molar-refractivity contribution is -0.384. The number of methoxy groups -OCH3 is 1. The minimum absolute atomic E-state index is 0.00517. The molecule has 0 aliphatic rings. The normalized spacial score (nSPS) is 10.5. The quantitative estimate of drug-likeness (QED) is 0.367. The molecule has 0 bridgehead atoms. The molecule has 4 rings (SSSR count). The van der Waals surface area contributed by atoms with Crippen molar-refractivity contribution in [3.63, 3.8) is 0 Å². The Labute approximate surface area is 166 Å². The van der Waals surface area contributed by atoms with Gasteiger partial charge in [-0.15, -0.1) is 0 Å². The number of ether oxygens (including phenoxy) is 1. The SMILES string of the molecule is COc1ccc2nc(-c3ccccc3)c(NNc3cccc([N+](=O)[O-])c3)nc2c1. The fourth-order valence-electron chi connectivity index (χ4n) is 2.87. The number of hydrogen-bond donors (Lipinski definition) is 2. The fourth-order valence-corrected chi connectivity index (χ4v) is 2.87. The van der Waals surface area contributed by atoms with E-state index in [1.165, 1.54) is 12.1 Å². The molecular weight excluding hydrogens is 370 g/mol. The van der Waals surface area contributed by atoms with Crippen molar-refractivity contribution in [1.82, 2.24) is 9.97 Å². The Bertz CT molecular complexity index is 1180. The molecule has 8 heteroatoms. The number of aromatic nitrogens is 2. The third-order valence-corrected chi connectivity index (χ3v) is 4.30. The van der Waals surface area contributed by atoms with E-state index in [-0.39, 0.29) is 5.69 Å². The van der Waals surface area contributed by atoms with Crippen LogP contribution >= 0.6 is 0 Å². The number of hydrogen-bond acceptors (Lipinski definition) is 7. The Morgan fingerprint density at radius 1 is 0.897 bits per heavy atom. The Morgan fingerprint density at radius 2 is 1.72 bits per heavy atom. The van der Waals surface area contributed by atoms with Gasteiger partial charge in [-0.2, -0.15) is 0 Å². The molecule has 0 aliphatic carbocycles. The van der Waals surface area contributed by atoms with Crippen molar-refractivity contribution < 1.29 is 9.66 Å². The number of fused-ring (bicyclic) bond motifs is 1. The highest BCUT2D eigenvalue weighted by Crippen LogP contribution is 2.29. The van der Waals surface area contributed by atoms with Crippen LogP contribution in [0.15, 0.2) is 72.8 Å². The minimum Gasteiger partial charge on any atom is -0.497 e. The van der Waals surface area contributed by atoms with Crippen molar-refractivity contribution in [3.05, 3.63) is 82.9 Å². The number of rotatable bonds is 6. The summed E-state index contributed by atoms with van der Waals surface area (Å²) in [6.45, 7) is 0. The third-order valence-electron chi connectivity index (χ3n) is 4.30. The number of nitrogens with one attached hydrogen (secondary N) is 2. The highest BCUT2D eigenvalue weighted by Gasteiger charge is 2.12. The first-order valence-electron chi connectivity index (χ1n) is 8.82. The third kappa shape index (κ3) is 3.91. The topological polar surface area (TPSA) is 102 Å². The standard InChI is InChI=1S/C21H17N5O3/c1-29-17-10-11-18-19(13-17)23-21(20(22-18)14-6-3-2-4-7-14)25-24-15-8-5-9-16(12-15)26(27)28/h2-13,24H,1H3,(H,23,25). The van der Waals surface area contributed by atoms with Gasteiger partial charge in [0.1, 0.15) is 11.4 Å². The molecular formula is C21H17N5O3. The first-order valence-corrected chi connectivity index (χ1v) is 8.82. The molecule has 29 heavy (non-hydrogen) atoms.